The minimum atomic E-state index is -1.05. The number of hydrogen-bond acceptors (Lipinski definition) is 6. The van der Waals surface area contributed by atoms with Crippen LogP contribution in [0.2, 0.25) is 0 Å². The van der Waals surface area contributed by atoms with Crippen molar-refractivity contribution in [2.45, 2.75) is 19.3 Å². The summed E-state index contributed by atoms with van der Waals surface area (Å²) in [4.78, 5) is 41.0. The van der Waals surface area contributed by atoms with E-state index < -0.39 is 23.3 Å². The Hall–Kier alpha value is -2.50. The zero-order valence-electron chi connectivity index (χ0n) is 12.1. The van der Waals surface area contributed by atoms with Gasteiger partial charge in [-0.2, -0.15) is 0 Å². The third kappa shape index (κ3) is 2.11. The van der Waals surface area contributed by atoms with Gasteiger partial charge in [-0.15, -0.1) is 0 Å². The SMILES string of the molecule is COC(=O)C1CC2(CCC1=O)C(=O)ON=C2c1ccccc1. The molecule has 0 bridgehead atoms. The van der Waals surface area contributed by atoms with Crippen LogP contribution in [-0.4, -0.2) is 30.5 Å². The van der Waals surface area contributed by atoms with Crippen LogP contribution in [0.25, 0.3) is 0 Å². The summed E-state index contributed by atoms with van der Waals surface area (Å²) in [7, 11) is 1.23. The van der Waals surface area contributed by atoms with E-state index in [9.17, 15) is 14.4 Å². The Morgan fingerprint density at radius 2 is 2.05 bits per heavy atom. The molecule has 0 N–H and O–H groups in total. The fraction of sp³-hybridized carbons (Fsp3) is 0.375. The molecule has 6 nitrogen and oxygen atoms in total. The van der Waals surface area contributed by atoms with E-state index in [0.717, 1.165) is 5.56 Å². The highest BCUT2D eigenvalue weighted by Gasteiger charge is 2.56. The number of carbonyl (C=O) groups excluding carboxylic acids is 3. The van der Waals surface area contributed by atoms with Gasteiger partial charge < -0.3 is 9.57 Å². The second-order valence-electron chi connectivity index (χ2n) is 5.51. The average Bonchev–Trinajstić information content (AvgIpc) is 2.86. The van der Waals surface area contributed by atoms with E-state index in [0.29, 0.717) is 12.1 Å². The zero-order chi connectivity index (χ0) is 15.7. The van der Waals surface area contributed by atoms with Gasteiger partial charge in [-0.25, -0.2) is 4.79 Å². The van der Waals surface area contributed by atoms with Crippen molar-refractivity contribution in [3.63, 3.8) is 0 Å². The van der Waals surface area contributed by atoms with Crippen LogP contribution < -0.4 is 0 Å². The van der Waals surface area contributed by atoms with Crippen molar-refractivity contribution in [1.82, 2.24) is 0 Å². The summed E-state index contributed by atoms with van der Waals surface area (Å²) in [5.41, 5.74) is 0.194. The number of carbonyl (C=O) groups is 3. The van der Waals surface area contributed by atoms with Crippen molar-refractivity contribution in [3.05, 3.63) is 35.9 Å². The van der Waals surface area contributed by atoms with Gasteiger partial charge in [0.05, 0.1) is 7.11 Å². The minimum Gasteiger partial charge on any atom is -0.468 e. The Balaban J connectivity index is 1.99. The summed E-state index contributed by atoms with van der Waals surface area (Å²) in [6.45, 7) is 0. The van der Waals surface area contributed by atoms with Gasteiger partial charge in [-0.05, 0) is 12.8 Å². The molecule has 3 rings (SSSR count). The largest absolute Gasteiger partial charge is 0.468 e. The van der Waals surface area contributed by atoms with Crippen LogP contribution in [0.4, 0.5) is 0 Å². The summed E-state index contributed by atoms with van der Waals surface area (Å²) in [6.07, 6.45) is 0.470. The summed E-state index contributed by atoms with van der Waals surface area (Å²) in [5, 5.41) is 3.91. The summed E-state index contributed by atoms with van der Waals surface area (Å²) >= 11 is 0. The van der Waals surface area contributed by atoms with E-state index in [1.54, 1.807) is 0 Å². The molecule has 1 aromatic carbocycles. The number of oxime groups is 1. The van der Waals surface area contributed by atoms with Crippen LogP contribution >= 0.6 is 0 Å². The number of nitrogens with zero attached hydrogens (tertiary/aromatic N) is 1. The first-order valence-corrected chi connectivity index (χ1v) is 7.04. The van der Waals surface area contributed by atoms with Crippen LogP contribution in [0.15, 0.2) is 35.5 Å². The molecule has 1 saturated carbocycles. The van der Waals surface area contributed by atoms with Crippen LogP contribution in [0.1, 0.15) is 24.8 Å². The first kappa shape index (κ1) is 14.4. The first-order valence-electron chi connectivity index (χ1n) is 7.04. The molecule has 0 saturated heterocycles. The lowest BCUT2D eigenvalue weighted by molar-refractivity contribution is -0.156. The van der Waals surface area contributed by atoms with E-state index in [-0.39, 0.29) is 18.6 Å². The molecule has 1 fully saturated rings. The highest BCUT2D eigenvalue weighted by Crippen LogP contribution is 2.45. The molecule has 6 heteroatoms. The normalized spacial score (nSPS) is 27.5. The summed E-state index contributed by atoms with van der Waals surface area (Å²) < 4.78 is 4.69. The van der Waals surface area contributed by atoms with Gasteiger partial charge in [0, 0.05) is 12.0 Å². The Morgan fingerprint density at radius 1 is 1.32 bits per heavy atom. The van der Waals surface area contributed by atoms with Gasteiger partial charge in [-0.1, -0.05) is 35.5 Å². The number of Topliss-reactive ketones (excluding diaryl/α,β-unsaturated/α-hetero) is 1. The number of methoxy groups -OCH3 is 1. The molecule has 1 heterocycles. The molecule has 22 heavy (non-hydrogen) atoms. The van der Waals surface area contributed by atoms with Gasteiger partial charge in [0.2, 0.25) is 0 Å². The van der Waals surface area contributed by atoms with E-state index in [4.69, 9.17) is 4.84 Å². The number of ketones is 1. The fourth-order valence-electron chi connectivity index (χ4n) is 3.12. The van der Waals surface area contributed by atoms with Crippen molar-refractivity contribution in [3.8, 4) is 0 Å². The predicted octanol–water partition coefficient (Wildman–Crippen LogP) is 1.48. The Kier molecular flexibility index (Phi) is 3.52. The maximum absolute atomic E-state index is 12.3. The third-order valence-corrected chi connectivity index (χ3v) is 4.34. The van der Waals surface area contributed by atoms with Gasteiger partial charge in [0.15, 0.2) is 0 Å². The number of ether oxygens (including phenoxy) is 1. The smallest absolute Gasteiger partial charge is 0.347 e. The van der Waals surface area contributed by atoms with Gasteiger partial charge in [0.25, 0.3) is 0 Å². The third-order valence-electron chi connectivity index (χ3n) is 4.34. The lowest BCUT2D eigenvalue weighted by atomic mass is 9.65. The highest BCUT2D eigenvalue weighted by molar-refractivity contribution is 6.19. The minimum absolute atomic E-state index is 0.0467. The Bertz CT molecular complexity index is 658. The van der Waals surface area contributed by atoms with Crippen molar-refractivity contribution in [2.24, 2.45) is 16.5 Å². The second-order valence-corrected chi connectivity index (χ2v) is 5.51. The van der Waals surface area contributed by atoms with Crippen LogP contribution in [0.5, 0.6) is 0 Å². The molecule has 1 aliphatic carbocycles. The maximum atomic E-state index is 12.3. The van der Waals surface area contributed by atoms with E-state index >= 15 is 0 Å². The summed E-state index contributed by atoms with van der Waals surface area (Å²) in [5.74, 6) is -2.27. The van der Waals surface area contributed by atoms with E-state index in [2.05, 4.69) is 9.89 Å². The van der Waals surface area contributed by atoms with Crippen molar-refractivity contribution < 1.29 is 24.0 Å². The molecule has 1 aromatic rings. The number of esters is 1. The monoisotopic (exact) mass is 301 g/mol. The maximum Gasteiger partial charge on any atom is 0.347 e. The van der Waals surface area contributed by atoms with E-state index in [1.807, 2.05) is 30.3 Å². The number of benzene rings is 1. The molecule has 0 radical (unpaired) electrons. The van der Waals surface area contributed by atoms with Crippen LogP contribution in [-0.2, 0) is 24.0 Å². The molecule has 0 amide bonds. The fourth-order valence-corrected chi connectivity index (χ4v) is 3.12. The average molecular weight is 301 g/mol. The molecule has 2 aliphatic rings. The van der Waals surface area contributed by atoms with Gasteiger partial charge >= 0.3 is 11.9 Å². The second kappa shape index (κ2) is 5.36. The molecular formula is C16H15NO5. The Morgan fingerprint density at radius 3 is 2.73 bits per heavy atom. The van der Waals surface area contributed by atoms with E-state index in [1.165, 1.54) is 7.11 Å². The Labute approximate surface area is 127 Å². The van der Waals surface area contributed by atoms with Crippen molar-refractivity contribution in [2.75, 3.05) is 7.11 Å². The topological polar surface area (TPSA) is 82.0 Å². The number of hydrogen-bond donors (Lipinski definition) is 0. The molecular weight excluding hydrogens is 286 g/mol. The highest BCUT2D eigenvalue weighted by atomic mass is 16.7. The molecule has 2 atom stereocenters. The summed E-state index contributed by atoms with van der Waals surface area (Å²) in [6, 6.07) is 9.18. The first-order chi connectivity index (χ1) is 10.6. The molecule has 2 unspecified atom stereocenters. The lowest BCUT2D eigenvalue weighted by Gasteiger charge is -2.33. The van der Waals surface area contributed by atoms with Crippen molar-refractivity contribution >= 4 is 23.4 Å². The standard InChI is InChI=1S/C16H15NO5/c1-21-14(19)11-9-16(8-7-12(11)18)13(17-22-15(16)20)10-5-3-2-4-6-10/h2-6,11H,7-9H2,1H3. The zero-order valence-corrected chi connectivity index (χ0v) is 12.1. The van der Waals surface area contributed by atoms with Crippen LogP contribution in [0, 0.1) is 11.3 Å². The lowest BCUT2D eigenvalue weighted by Crippen LogP contribution is -2.46. The quantitative estimate of drug-likeness (QED) is 0.469. The molecule has 1 spiro atoms. The van der Waals surface area contributed by atoms with Crippen molar-refractivity contribution in [1.29, 1.82) is 0 Å². The predicted molar refractivity (Wildman–Crippen MR) is 75.9 cm³/mol. The number of rotatable bonds is 2. The molecule has 0 aromatic heterocycles. The van der Waals surface area contributed by atoms with Gasteiger partial charge in [-0.3, -0.25) is 9.59 Å². The van der Waals surface area contributed by atoms with Gasteiger partial charge in [0.1, 0.15) is 22.8 Å². The van der Waals surface area contributed by atoms with Crippen LogP contribution in [0.3, 0.4) is 0 Å². The molecule has 1 aliphatic heterocycles. The molecule has 114 valence electrons.